The first kappa shape index (κ1) is 19.9. The molecule has 0 saturated heterocycles. The molecule has 0 spiro atoms. The van der Waals surface area contributed by atoms with Crippen molar-refractivity contribution in [2.24, 2.45) is 0 Å². The van der Waals surface area contributed by atoms with Crippen LogP contribution in [0, 0.1) is 0 Å². The number of likely N-dealkylation sites (N-methyl/N-ethyl adjacent to an activating group) is 1. The lowest BCUT2D eigenvalue weighted by Gasteiger charge is -2.17. The quantitative estimate of drug-likeness (QED) is 0.412. The Morgan fingerprint density at radius 3 is 1.75 bits per heavy atom. The summed E-state index contributed by atoms with van der Waals surface area (Å²) in [7, 11) is 2.05. The van der Waals surface area contributed by atoms with Crippen LogP contribution < -0.4 is 5.32 Å². The van der Waals surface area contributed by atoms with E-state index in [1.165, 1.54) is 70.6 Å². The van der Waals surface area contributed by atoms with Gasteiger partial charge in [-0.2, -0.15) is 0 Å². The molecule has 0 saturated carbocycles. The number of hydrogen-bond donors (Lipinski definition) is 1. The number of hydrogen-bond acceptors (Lipinski definition) is 2. The molecule has 122 valence electrons. The summed E-state index contributed by atoms with van der Waals surface area (Å²) >= 11 is 0. The fourth-order valence-electron chi connectivity index (χ4n) is 2.50. The normalized spacial score (nSPS) is 13.1. The molecule has 20 heavy (non-hydrogen) atoms. The van der Waals surface area contributed by atoms with E-state index in [4.69, 9.17) is 4.74 Å². The van der Waals surface area contributed by atoms with Gasteiger partial charge in [0, 0.05) is 6.04 Å². The maximum Gasteiger partial charge on any atom is 0.0622 e. The van der Waals surface area contributed by atoms with Crippen LogP contribution >= 0.6 is 0 Å². The zero-order chi connectivity index (χ0) is 15.1. The van der Waals surface area contributed by atoms with Crippen molar-refractivity contribution in [3.05, 3.63) is 0 Å². The van der Waals surface area contributed by atoms with Gasteiger partial charge in [-0.3, -0.25) is 0 Å². The summed E-state index contributed by atoms with van der Waals surface area (Å²) in [6, 6.07) is 0.534. The maximum absolute atomic E-state index is 5.67. The first-order valence-corrected chi connectivity index (χ1v) is 8.99. The van der Waals surface area contributed by atoms with Crippen molar-refractivity contribution >= 4 is 0 Å². The van der Waals surface area contributed by atoms with Crippen LogP contribution in [0.1, 0.15) is 91.4 Å². The van der Waals surface area contributed by atoms with E-state index in [1.54, 1.807) is 0 Å². The summed E-state index contributed by atoms with van der Waals surface area (Å²) in [5, 5.41) is 3.36. The van der Waals surface area contributed by atoms with Crippen molar-refractivity contribution < 1.29 is 4.74 Å². The highest BCUT2D eigenvalue weighted by molar-refractivity contribution is 4.64. The van der Waals surface area contributed by atoms with E-state index in [0.717, 1.165) is 6.61 Å². The van der Waals surface area contributed by atoms with Crippen LogP contribution in [0.2, 0.25) is 0 Å². The smallest absolute Gasteiger partial charge is 0.0622 e. The predicted octanol–water partition coefficient (Wildman–Crippen LogP) is 5.31. The molecule has 0 heterocycles. The number of unbranched alkanes of at least 4 members (excludes halogenated alkanes) is 9. The lowest BCUT2D eigenvalue weighted by molar-refractivity contribution is 0.0605. The van der Waals surface area contributed by atoms with Crippen LogP contribution in [0.4, 0.5) is 0 Å². The van der Waals surface area contributed by atoms with Gasteiger partial charge in [0.2, 0.25) is 0 Å². The number of ether oxygens (including phenoxy) is 1. The van der Waals surface area contributed by atoms with Gasteiger partial charge in [-0.25, -0.2) is 0 Å². The summed E-state index contributed by atoms with van der Waals surface area (Å²) < 4.78 is 5.67. The van der Waals surface area contributed by atoms with E-state index in [2.05, 4.69) is 26.1 Å². The van der Waals surface area contributed by atoms with Crippen molar-refractivity contribution in [1.29, 1.82) is 0 Å². The third-order valence-electron chi connectivity index (χ3n) is 3.95. The van der Waals surface area contributed by atoms with Crippen molar-refractivity contribution in [1.82, 2.24) is 5.32 Å². The third kappa shape index (κ3) is 14.3. The van der Waals surface area contributed by atoms with E-state index in [1.807, 2.05) is 7.05 Å². The first-order valence-electron chi connectivity index (χ1n) is 8.99. The molecule has 0 aromatic carbocycles. The van der Waals surface area contributed by atoms with Crippen LogP contribution in [0.25, 0.3) is 0 Å². The average molecular weight is 286 g/mol. The second-order valence-corrected chi connectivity index (χ2v) is 6.34. The van der Waals surface area contributed by atoms with E-state index < -0.39 is 0 Å². The first-order chi connectivity index (χ1) is 9.70. The molecular formula is C18H39NO. The SMILES string of the molecule is CCCCCCCCCCCCC(COC(C)C)NC. The number of nitrogens with one attached hydrogen (secondary N) is 1. The Kier molecular flexibility index (Phi) is 15.3. The molecule has 1 N–H and O–H groups in total. The van der Waals surface area contributed by atoms with Crippen LogP contribution in [0.15, 0.2) is 0 Å². The number of rotatable bonds is 15. The molecule has 2 heteroatoms. The van der Waals surface area contributed by atoms with E-state index in [9.17, 15) is 0 Å². The largest absolute Gasteiger partial charge is 0.377 e. The standard InChI is InChI=1S/C18H39NO/c1-5-6-7-8-9-10-11-12-13-14-15-18(19-4)16-20-17(2)3/h17-19H,5-16H2,1-4H3. The Morgan fingerprint density at radius 2 is 1.30 bits per heavy atom. The van der Waals surface area contributed by atoms with Gasteiger partial charge in [0.15, 0.2) is 0 Å². The Morgan fingerprint density at radius 1 is 0.800 bits per heavy atom. The second kappa shape index (κ2) is 15.3. The molecule has 0 rings (SSSR count). The summed E-state index contributed by atoms with van der Waals surface area (Å²) in [6.07, 6.45) is 15.7. The van der Waals surface area contributed by atoms with Gasteiger partial charge >= 0.3 is 0 Å². The Hall–Kier alpha value is -0.0800. The van der Waals surface area contributed by atoms with Crippen molar-refractivity contribution in [3.8, 4) is 0 Å². The molecule has 0 aromatic heterocycles. The van der Waals surface area contributed by atoms with Gasteiger partial charge in [-0.1, -0.05) is 71.1 Å². The summed E-state index contributed by atoms with van der Waals surface area (Å²) in [5.74, 6) is 0. The molecular weight excluding hydrogens is 246 g/mol. The molecule has 0 aliphatic carbocycles. The lowest BCUT2D eigenvalue weighted by Crippen LogP contribution is -2.31. The van der Waals surface area contributed by atoms with Crippen LogP contribution in [0.5, 0.6) is 0 Å². The summed E-state index contributed by atoms with van der Waals surface area (Å²) in [5.41, 5.74) is 0. The highest BCUT2D eigenvalue weighted by Crippen LogP contribution is 2.12. The molecule has 2 nitrogen and oxygen atoms in total. The molecule has 0 radical (unpaired) electrons. The summed E-state index contributed by atoms with van der Waals surface area (Å²) in [6.45, 7) is 7.34. The zero-order valence-corrected chi connectivity index (χ0v) is 14.5. The van der Waals surface area contributed by atoms with Crippen LogP contribution in [-0.2, 0) is 4.74 Å². The van der Waals surface area contributed by atoms with Gasteiger partial charge in [0.25, 0.3) is 0 Å². The second-order valence-electron chi connectivity index (χ2n) is 6.34. The van der Waals surface area contributed by atoms with Crippen molar-refractivity contribution in [2.45, 2.75) is 104 Å². The Bertz CT molecular complexity index is 182. The monoisotopic (exact) mass is 285 g/mol. The minimum absolute atomic E-state index is 0.346. The fourth-order valence-corrected chi connectivity index (χ4v) is 2.50. The minimum Gasteiger partial charge on any atom is -0.377 e. The highest BCUT2D eigenvalue weighted by Gasteiger charge is 2.06. The predicted molar refractivity (Wildman–Crippen MR) is 90.4 cm³/mol. The van der Waals surface area contributed by atoms with E-state index in [0.29, 0.717) is 12.1 Å². The van der Waals surface area contributed by atoms with E-state index >= 15 is 0 Å². The molecule has 1 unspecified atom stereocenters. The third-order valence-corrected chi connectivity index (χ3v) is 3.95. The van der Waals surface area contributed by atoms with Crippen LogP contribution in [-0.4, -0.2) is 25.8 Å². The molecule has 0 fully saturated rings. The van der Waals surface area contributed by atoms with E-state index in [-0.39, 0.29) is 0 Å². The molecule has 0 aliphatic heterocycles. The topological polar surface area (TPSA) is 21.3 Å². The fraction of sp³-hybridized carbons (Fsp3) is 1.00. The molecule has 0 aromatic rings. The Balaban J connectivity index is 3.24. The van der Waals surface area contributed by atoms with Crippen molar-refractivity contribution in [3.63, 3.8) is 0 Å². The van der Waals surface area contributed by atoms with Crippen LogP contribution in [0.3, 0.4) is 0 Å². The highest BCUT2D eigenvalue weighted by atomic mass is 16.5. The maximum atomic E-state index is 5.67. The molecule has 0 amide bonds. The van der Waals surface area contributed by atoms with Crippen molar-refractivity contribution in [2.75, 3.05) is 13.7 Å². The Labute approximate surface area is 128 Å². The molecule has 1 atom stereocenters. The van der Waals surface area contributed by atoms with Gasteiger partial charge in [0.1, 0.15) is 0 Å². The van der Waals surface area contributed by atoms with Gasteiger partial charge in [0.05, 0.1) is 12.7 Å². The zero-order valence-electron chi connectivity index (χ0n) is 14.5. The average Bonchev–Trinajstić information content (AvgIpc) is 2.44. The van der Waals surface area contributed by atoms with Gasteiger partial charge in [-0.05, 0) is 27.3 Å². The molecule has 0 bridgehead atoms. The minimum atomic E-state index is 0.346. The lowest BCUT2D eigenvalue weighted by atomic mass is 10.0. The summed E-state index contributed by atoms with van der Waals surface area (Å²) in [4.78, 5) is 0. The molecule has 0 aliphatic rings. The van der Waals surface area contributed by atoms with Gasteiger partial charge < -0.3 is 10.1 Å². The van der Waals surface area contributed by atoms with Gasteiger partial charge in [-0.15, -0.1) is 0 Å².